The van der Waals surface area contributed by atoms with Gasteiger partial charge in [-0.2, -0.15) is 0 Å². The highest BCUT2D eigenvalue weighted by atomic mass is 32.2. The standard InChI is InChI=1S/C25H24N4O2S2/c1-4-10-31-21-13-27-22(14-26-21)33-19-11-16(2)23(17(3)12-19)20-15-32-25(28-20)29-24(30)18-8-6-5-7-9-18/h5-9,11-15H,4,10H2,1-3H3,(H,28,29,30). The second kappa shape index (κ2) is 10.6. The van der Waals surface area contributed by atoms with Crippen LogP contribution in [0, 0.1) is 13.8 Å². The van der Waals surface area contributed by atoms with E-state index in [1.54, 1.807) is 36.3 Å². The summed E-state index contributed by atoms with van der Waals surface area (Å²) in [5.41, 5.74) is 4.76. The molecule has 4 rings (SSSR count). The van der Waals surface area contributed by atoms with Gasteiger partial charge in [0.15, 0.2) is 5.13 Å². The van der Waals surface area contributed by atoms with Crippen LogP contribution in [0.1, 0.15) is 34.8 Å². The quantitative estimate of drug-likeness (QED) is 0.317. The number of hydrogen-bond acceptors (Lipinski definition) is 7. The molecule has 0 unspecified atom stereocenters. The van der Waals surface area contributed by atoms with Crippen molar-refractivity contribution >= 4 is 34.1 Å². The molecule has 0 fully saturated rings. The Morgan fingerprint density at radius 2 is 1.85 bits per heavy atom. The van der Waals surface area contributed by atoms with Gasteiger partial charge < -0.3 is 4.74 Å². The molecule has 0 aliphatic heterocycles. The van der Waals surface area contributed by atoms with Crippen molar-refractivity contribution < 1.29 is 9.53 Å². The highest BCUT2D eigenvalue weighted by Crippen LogP contribution is 2.35. The summed E-state index contributed by atoms with van der Waals surface area (Å²) in [5.74, 6) is 0.381. The van der Waals surface area contributed by atoms with Crippen molar-refractivity contribution in [1.29, 1.82) is 0 Å². The first-order valence-electron chi connectivity index (χ1n) is 10.6. The van der Waals surface area contributed by atoms with Gasteiger partial charge in [0.2, 0.25) is 5.88 Å². The van der Waals surface area contributed by atoms with E-state index in [-0.39, 0.29) is 5.91 Å². The van der Waals surface area contributed by atoms with Crippen molar-refractivity contribution in [3.05, 3.63) is 76.9 Å². The average Bonchev–Trinajstić information content (AvgIpc) is 3.26. The number of carbonyl (C=O) groups excluding carboxylic acids is 1. The van der Waals surface area contributed by atoms with Crippen LogP contribution < -0.4 is 10.1 Å². The lowest BCUT2D eigenvalue weighted by Crippen LogP contribution is -2.11. The van der Waals surface area contributed by atoms with E-state index >= 15 is 0 Å². The van der Waals surface area contributed by atoms with Crippen LogP contribution in [0.15, 0.2) is 70.2 Å². The number of amides is 1. The van der Waals surface area contributed by atoms with Crippen molar-refractivity contribution in [1.82, 2.24) is 15.0 Å². The van der Waals surface area contributed by atoms with Crippen LogP contribution in [-0.4, -0.2) is 27.5 Å². The molecule has 8 heteroatoms. The van der Waals surface area contributed by atoms with Gasteiger partial charge in [-0.15, -0.1) is 11.3 Å². The fraction of sp³-hybridized carbons (Fsp3) is 0.200. The summed E-state index contributed by atoms with van der Waals surface area (Å²) in [6.45, 7) is 6.83. The van der Waals surface area contributed by atoms with Crippen molar-refractivity contribution in [3.63, 3.8) is 0 Å². The average molecular weight is 477 g/mol. The molecule has 2 aromatic carbocycles. The van der Waals surface area contributed by atoms with Crippen molar-refractivity contribution in [2.75, 3.05) is 11.9 Å². The van der Waals surface area contributed by atoms with Crippen LogP contribution >= 0.6 is 23.1 Å². The number of anilines is 1. The van der Waals surface area contributed by atoms with Gasteiger partial charge in [0.25, 0.3) is 5.91 Å². The third kappa shape index (κ3) is 5.77. The van der Waals surface area contributed by atoms with E-state index in [2.05, 4.69) is 53.2 Å². The summed E-state index contributed by atoms with van der Waals surface area (Å²) in [6, 6.07) is 13.4. The minimum Gasteiger partial charge on any atom is -0.477 e. The van der Waals surface area contributed by atoms with Crippen molar-refractivity contribution in [2.45, 2.75) is 37.1 Å². The number of aromatic nitrogens is 3. The van der Waals surface area contributed by atoms with E-state index in [1.165, 1.54) is 11.3 Å². The lowest BCUT2D eigenvalue weighted by molar-refractivity contribution is 0.102. The van der Waals surface area contributed by atoms with E-state index in [0.29, 0.717) is 23.2 Å². The first-order valence-corrected chi connectivity index (χ1v) is 12.3. The van der Waals surface area contributed by atoms with Crippen LogP contribution in [-0.2, 0) is 0 Å². The van der Waals surface area contributed by atoms with Crippen molar-refractivity contribution in [3.8, 4) is 17.1 Å². The van der Waals surface area contributed by atoms with Gasteiger partial charge in [0.1, 0.15) is 5.03 Å². The van der Waals surface area contributed by atoms with Crippen LogP contribution in [0.4, 0.5) is 5.13 Å². The fourth-order valence-electron chi connectivity index (χ4n) is 3.35. The molecule has 1 amide bonds. The van der Waals surface area contributed by atoms with Gasteiger partial charge in [-0.05, 0) is 55.7 Å². The summed E-state index contributed by atoms with van der Waals surface area (Å²) in [4.78, 5) is 26.9. The second-order valence-electron chi connectivity index (χ2n) is 7.43. The number of thiazole rings is 1. The first-order chi connectivity index (χ1) is 16.0. The molecule has 2 aromatic heterocycles. The predicted molar refractivity (Wildman–Crippen MR) is 133 cm³/mol. The molecular formula is C25H24N4O2S2. The van der Waals surface area contributed by atoms with E-state index in [0.717, 1.165) is 38.7 Å². The molecule has 0 radical (unpaired) electrons. The zero-order chi connectivity index (χ0) is 23.2. The zero-order valence-corrected chi connectivity index (χ0v) is 20.3. The molecule has 0 saturated heterocycles. The summed E-state index contributed by atoms with van der Waals surface area (Å²) < 4.78 is 5.50. The number of carbonyl (C=O) groups is 1. The molecule has 168 valence electrons. The minimum absolute atomic E-state index is 0.163. The van der Waals surface area contributed by atoms with Gasteiger partial charge in [0, 0.05) is 21.4 Å². The van der Waals surface area contributed by atoms with E-state index in [9.17, 15) is 4.79 Å². The molecule has 33 heavy (non-hydrogen) atoms. The van der Waals surface area contributed by atoms with Crippen LogP contribution in [0.2, 0.25) is 0 Å². The first kappa shape index (κ1) is 22.9. The Kier molecular flexibility index (Phi) is 7.36. The highest BCUT2D eigenvalue weighted by Gasteiger charge is 2.14. The molecular weight excluding hydrogens is 452 g/mol. The summed E-state index contributed by atoms with van der Waals surface area (Å²) in [5, 5.41) is 6.25. The molecule has 0 aliphatic rings. The Labute approximate surface area is 201 Å². The lowest BCUT2D eigenvalue weighted by Gasteiger charge is -2.11. The van der Waals surface area contributed by atoms with E-state index in [4.69, 9.17) is 4.74 Å². The second-order valence-corrected chi connectivity index (χ2v) is 9.39. The predicted octanol–water partition coefficient (Wildman–Crippen LogP) is 6.41. The lowest BCUT2D eigenvalue weighted by atomic mass is 10.0. The van der Waals surface area contributed by atoms with Crippen LogP contribution in [0.5, 0.6) is 5.88 Å². The van der Waals surface area contributed by atoms with Crippen LogP contribution in [0.3, 0.4) is 0 Å². The Bertz CT molecular complexity index is 1220. The molecule has 0 aliphatic carbocycles. The molecule has 4 aromatic rings. The Balaban J connectivity index is 1.48. The SMILES string of the molecule is CCCOc1cnc(Sc2cc(C)c(-c3csc(NC(=O)c4ccccc4)n3)c(C)c2)cn1. The third-order valence-corrected chi connectivity index (χ3v) is 6.45. The van der Waals surface area contributed by atoms with Gasteiger partial charge in [-0.25, -0.2) is 15.0 Å². The van der Waals surface area contributed by atoms with Gasteiger partial charge in [0.05, 0.1) is 24.7 Å². The van der Waals surface area contributed by atoms with E-state index < -0.39 is 0 Å². The molecule has 0 atom stereocenters. The number of nitrogens with zero attached hydrogens (tertiary/aromatic N) is 3. The molecule has 1 N–H and O–H groups in total. The summed E-state index contributed by atoms with van der Waals surface area (Å²) in [7, 11) is 0. The summed E-state index contributed by atoms with van der Waals surface area (Å²) >= 11 is 2.98. The summed E-state index contributed by atoms with van der Waals surface area (Å²) in [6.07, 6.45) is 4.33. The topological polar surface area (TPSA) is 77.0 Å². The highest BCUT2D eigenvalue weighted by molar-refractivity contribution is 7.99. The number of hydrogen-bond donors (Lipinski definition) is 1. The van der Waals surface area contributed by atoms with Crippen molar-refractivity contribution in [2.24, 2.45) is 0 Å². The number of aryl methyl sites for hydroxylation is 2. The number of ether oxygens (including phenoxy) is 1. The maximum atomic E-state index is 12.4. The molecule has 6 nitrogen and oxygen atoms in total. The maximum absolute atomic E-state index is 12.4. The Morgan fingerprint density at radius 1 is 1.09 bits per heavy atom. The number of nitrogens with one attached hydrogen (secondary N) is 1. The molecule has 2 heterocycles. The normalized spacial score (nSPS) is 10.8. The largest absolute Gasteiger partial charge is 0.477 e. The van der Waals surface area contributed by atoms with E-state index in [1.807, 2.05) is 23.6 Å². The molecule has 0 spiro atoms. The van der Waals surface area contributed by atoms with Gasteiger partial charge in [-0.1, -0.05) is 36.9 Å². The molecule has 0 bridgehead atoms. The smallest absolute Gasteiger partial charge is 0.257 e. The van der Waals surface area contributed by atoms with Gasteiger partial charge in [-0.3, -0.25) is 10.1 Å². The maximum Gasteiger partial charge on any atom is 0.257 e. The number of rotatable bonds is 8. The monoisotopic (exact) mass is 476 g/mol. The molecule has 0 saturated carbocycles. The zero-order valence-electron chi connectivity index (χ0n) is 18.7. The van der Waals surface area contributed by atoms with Crippen LogP contribution in [0.25, 0.3) is 11.3 Å². The Morgan fingerprint density at radius 3 is 2.52 bits per heavy atom. The Hall–Kier alpha value is -3.23. The van der Waals surface area contributed by atoms with Gasteiger partial charge >= 0.3 is 0 Å². The minimum atomic E-state index is -0.163. The number of benzene rings is 2. The third-order valence-electron chi connectivity index (χ3n) is 4.80. The fourth-order valence-corrected chi connectivity index (χ4v) is 4.97.